The molecule has 11 rings (SSSR count). The molecule has 0 amide bonds. The fraction of sp³-hybridized carbons (Fsp3) is 0. The summed E-state index contributed by atoms with van der Waals surface area (Å²) < 4.78 is 69.0. The third-order valence-electron chi connectivity index (χ3n) is 11.4. The quantitative estimate of drug-likeness (QED) is 0.139. The Morgan fingerprint density at radius 1 is 0.295 bits per heavy atom. The summed E-state index contributed by atoms with van der Waals surface area (Å²) in [5, 5.41) is 5.78. The first-order chi connectivity index (χ1) is 33.2. The van der Waals surface area contributed by atoms with Gasteiger partial charge in [-0.25, -0.2) is 0 Å². The van der Waals surface area contributed by atoms with Gasteiger partial charge in [-0.15, -0.1) is 0 Å². The minimum atomic E-state index is -0.327. The number of hydrogen-bond acceptors (Lipinski definition) is 1. The number of benzene rings is 11. The fourth-order valence-corrected chi connectivity index (χ4v) is 8.53. The third-order valence-corrected chi connectivity index (χ3v) is 11.4. The van der Waals surface area contributed by atoms with Crippen LogP contribution < -0.4 is 4.90 Å². The highest BCUT2D eigenvalue weighted by Gasteiger charge is 2.20. The summed E-state index contributed by atoms with van der Waals surface area (Å²) in [6, 6.07) is 65.0. The third kappa shape index (κ3) is 6.73. The lowest BCUT2D eigenvalue weighted by Gasteiger charge is -2.29. The largest absolute Gasteiger partial charge is 0.310 e. The Bertz CT molecular complexity index is 3720. The Labute approximate surface area is 366 Å². The maximum atomic E-state index is 9.96. The van der Waals surface area contributed by atoms with Crippen LogP contribution in [0.3, 0.4) is 0 Å². The second kappa shape index (κ2) is 15.6. The predicted molar refractivity (Wildman–Crippen MR) is 261 cm³/mol. The zero-order valence-corrected chi connectivity index (χ0v) is 33.1. The molecule has 0 unspecified atom stereocenters. The molecule has 0 fully saturated rings. The van der Waals surface area contributed by atoms with E-state index in [9.17, 15) is 9.60 Å². The fourth-order valence-electron chi connectivity index (χ4n) is 8.53. The Kier molecular flexibility index (Phi) is 7.50. The summed E-state index contributed by atoms with van der Waals surface area (Å²) in [6.07, 6.45) is 0. The van der Waals surface area contributed by atoms with Crippen molar-refractivity contribution in [1.29, 1.82) is 0 Å². The first-order valence-electron chi connectivity index (χ1n) is 23.9. The molecule has 0 radical (unpaired) electrons. The van der Waals surface area contributed by atoms with E-state index < -0.39 is 0 Å². The molecule has 0 saturated carbocycles. The molecular weight excluding hydrogens is 735 g/mol. The summed E-state index contributed by atoms with van der Waals surface area (Å²) >= 11 is 0. The van der Waals surface area contributed by atoms with Crippen LogP contribution in [0.1, 0.15) is 9.60 Å². The molecule has 11 aromatic carbocycles. The monoisotopic (exact) mass is 782 g/mol. The van der Waals surface area contributed by atoms with E-state index in [1.54, 1.807) is 4.90 Å². The van der Waals surface area contributed by atoms with Crippen LogP contribution in [0.25, 0.3) is 88.0 Å². The van der Waals surface area contributed by atoms with Crippen LogP contribution in [0.15, 0.2) is 249 Å². The lowest BCUT2D eigenvalue weighted by Crippen LogP contribution is -2.11. The van der Waals surface area contributed by atoms with Gasteiger partial charge < -0.3 is 4.90 Å². The van der Waals surface area contributed by atoms with Crippen LogP contribution in [0.2, 0.25) is 0 Å². The molecule has 0 N–H and O–H groups in total. The zero-order valence-electron chi connectivity index (χ0n) is 40.1. The summed E-state index contributed by atoms with van der Waals surface area (Å²) in [6.45, 7) is 0. The summed E-state index contributed by atoms with van der Waals surface area (Å²) in [5.74, 6) is 0. The van der Waals surface area contributed by atoms with Gasteiger partial charge in [-0.2, -0.15) is 0 Å². The number of rotatable bonds is 8. The van der Waals surface area contributed by atoms with Crippen molar-refractivity contribution in [3.63, 3.8) is 0 Å². The van der Waals surface area contributed by atoms with E-state index in [1.165, 1.54) is 0 Å². The van der Waals surface area contributed by atoms with Gasteiger partial charge in [0.15, 0.2) is 0 Å². The molecule has 11 aromatic rings. The molecule has 0 heterocycles. The zero-order chi connectivity index (χ0) is 46.6. The van der Waals surface area contributed by atoms with E-state index in [0.717, 1.165) is 54.6 Å². The van der Waals surface area contributed by atoms with Crippen LogP contribution in [0.5, 0.6) is 0 Å². The standard InChI is InChI=1S/C60H41N/c1-4-16-42(17-5-1)48-33-39-59(58(40-48)44-20-8-3-9-21-44)61(50-34-28-46(29-35-50)57-41-49-23-11-12-24-52(49)55-26-14-15-27-56(55)57)51-36-30-47(31-37-51)60-53-25-13-10-22-45(53)32-38-54(60)43-18-6-2-7-19-43/h1-41H/i28D,29D,33D,34D,35D,39D,40D. The van der Waals surface area contributed by atoms with Crippen molar-refractivity contribution in [3.05, 3.63) is 249 Å². The van der Waals surface area contributed by atoms with Gasteiger partial charge in [0.05, 0.1) is 15.3 Å². The van der Waals surface area contributed by atoms with Crippen LogP contribution in [0.4, 0.5) is 17.1 Å². The van der Waals surface area contributed by atoms with E-state index in [1.807, 2.05) is 170 Å². The van der Waals surface area contributed by atoms with E-state index in [0.29, 0.717) is 27.9 Å². The normalized spacial score (nSPS) is 12.9. The van der Waals surface area contributed by atoms with E-state index in [4.69, 9.17) is 0 Å². The molecule has 0 bridgehead atoms. The summed E-state index contributed by atoms with van der Waals surface area (Å²) in [5.41, 5.74) is 6.95. The van der Waals surface area contributed by atoms with Crippen molar-refractivity contribution >= 4 is 49.4 Å². The lowest BCUT2D eigenvalue weighted by molar-refractivity contribution is 1.28. The predicted octanol–water partition coefficient (Wildman–Crippen LogP) is 17.0. The van der Waals surface area contributed by atoms with Crippen molar-refractivity contribution in [1.82, 2.24) is 0 Å². The highest BCUT2D eigenvalue weighted by atomic mass is 15.1. The Hall–Kier alpha value is -8.00. The molecular formula is C60H41N. The Morgan fingerprint density at radius 3 is 1.52 bits per heavy atom. The van der Waals surface area contributed by atoms with Crippen molar-refractivity contribution in [2.75, 3.05) is 4.90 Å². The van der Waals surface area contributed by atoms with Gasteiger partial charge in [-0.1, -0.05) is 206 Å². The van der Waals surface area contributed by atoms with Crippen LogP contribution in [0, 0.1) is 0 Å². The minimum Gasteiger partial charge on any atom is -0.310 e. The number of hydrogen-bond donors (Lipinski definition) is 0. The van der Waals surface area contributed by atoms with Gasteiger partial charge in [-0.3, -0.25) is 0 Å². The molecule has 0 aliphatic rings. The van der Waals surface area contributed by atoms with Gasteiger partial charge in [0.25, 0.3) is 0 Å². The number of nitrogens with zero attached hydrogens (tertiary/aromatic N) is 1. The molecule has 0 aliphatic heterocycles. The molecule has 286 valence electrons. The van der Waals surface area contributed by atoms with E-state index >= 15 is 0 Å². The average molecular weight is 783 g/mol. The summed E-state index contributed by atoms with van der Waals surface area (Å²) in [7, 11) is 0. The lowest BCUT2D eigenvalue weighted by atomic mass is 9.89. The highest BCUT2D eigenvalue weighted by molar-refractivity contribution is 6.14. The second-order valence-electron chi connectivity index (χ2n) is 15.1. The highest BCUT2D eigenvalue weighted by Crippen LogP contribution is 2.45. The first-order valence-corrected chi connectivity index (χ1v) is 20.4. The number of anilines is 3. The van der Waals surface area contributed by atoms with Gasteiger partial charge in [0.2, 0.25) is 0 Å². The molecule has 0 aromatic heterocycles. The van der Waals surface area contributed by atoms with Crippen LogP contribution in [-0.2, 0) is 0 Å². The van der Waals surface area contributed by atoms with Crippen molar-refractivity contribution in [2.45, 2.75) is 0 Å². The van der Waals surface area contributed by atoms with Gasteiger partial charge >= 0.3 is 0 Å². The molecule has 0 saturated heterocycles. The minimum absolute atomic E-state index is 0.00205. The first kappa shape index (κ1) is 29.2. The maximum absolute atomic E-state index is 9.96. The van der Waals surface area contributed by atoms with E-state index in [-0.39, 0.29) is 64.8 Å². The SMILES string of the molecule is [2H]c1c([2H])c(N(c2ccc(-c3c(-c4ccccc4)ccc4ccccc34)cc2)c2c([2H])c([2H])c(-c3cc4ccccc4c4ccccc34)c([2H])c2[2H])c(-c2ccccc2)c([2H])c1-c1ccccc1. The molecule has 0 atom stereocenters. The summed E-state index contributed by atoms with van der Waals surface area (Å²) in [4.78, 5) is 1.57. The molecule has 1 nitrogen and oxygen atoms in total. The smallest absolute Gasteiger partial charge is 0.0645 e. The van der Waals surface area contributed by atoms with Gasteiger partial charge in [0, 0.05) is 16.9 Å². The molecule has 0 aliphatic carbocycles. The topological polar surface area (TPSA) is 3.24 Å². The van der Waals surface area contributed by atoms with Crippen LogP contribution >= 0.6 is 0 Å². The van der Waals surface area contributed by atoms with Crippen LogP contribution in [-0.4, -0.2) is 0 Å². The Balaban J connectivity index is 1.21. The van der Waals surface area contributed by atoms with Gasteiger partial charge in [-0.05, 0) is 125 Å². The Morgan fingerprint density at radius 2 is 0.836 bits per heavy atom. The van der Waals surface area contributed by atoms with Crippen molar-refractivity contribution in [3.8, 4) is 55.6 Å². The van der Waals surface area contributed by atoms with Gasteiger partial charge in [0.1, 0.15) is 0 Å². The van der Waals surface area contributed by atoms with E-state index in [2.05, 4.69) is 36.4 Å². The maximum Gasteiger partial charge on any atom is 0.0645 e. The number of fused-ring (bicyclic) bond motifs is 4. The van der Waals surface area contributed by atoms with Crippen molar-refractivity contribution < 1.29 is 9.60 Å². The molecule has 1 heteroatoms. The molecule has 61 heavy (non-hydrogen) atoms. The van der Waals surface area contributed by atoms with Crippen molar-refractivity contribution in [2.24, 2.45) is 0 Å². The average Bonchev–Trinajstić information content (AvgIpc) is 3.39. The second-order valence-corrected chi connectivity index (χ2v) is 15.1. The molecule has 0 spiro atoms.